The van der Waals surface area contributed by atoms with E-state index in [1.165, 1.54) is 4.91 Å². The van der Waals surface area contributed by atoms with Crippen molar-refractivity contribution in [2.45, 2.75) is 44.2 Å². The molecule has 0 aliphatic heterocycles. The van der Waals surface area contributed by atoms with Gasteiger partial charge in [-0.1, -0.05) is 57.5 Å². The van der Waals surface area contributed by atoms with Gasteiger partial charge in [0.05, 0.1) is 31.3 Å². The van der Waals surface area contributed by atoms with Crippen LogP contribution in [0.5, 0.6) is 0 Å². The van der Waals surface area contributed by atoms with Crippen LogP contribution in [0, 0.1) is 0 Å². The third-order valence-corrected chi connectivity index (χ3v) is 17.4. The largest absolute Gasteiger partial charge is 0.305 e. The van der Waals surface area contributed by atoms with E-state index in [4.69, 9.17) is 0 Å². The average Bonchev–Trinajstić information content (AvgIpc) is 2.13. The van der Waals surface area contributed by atoms with Crippen molar-refractivity contribution in [2.24, 2.45) is 0 Å². The molecule has 0 aliphatic rings. The van der Waals surface area contributed by atoms with Gasteiger partial charge >= 0.3 is 0 Å². The molecule has 0 saturated heterocycles. The normalized spacial score (nSPS) is 14.1. The molecular weight excluding hydrogens is 265 g/mol. The highest BCUT2D eigenvalue weighted by atomic mass is 31.2. The van der Waals surface area contributed by atoms with Crippen LogP contribution >= 0.6 is 7.02 Å². The summed E-state index contributed by atoms with van der Waals surface area (Å²) in [6, 6.07) is 11.8. The first-order valence-electron chi connectivity index (χ1n) is 5.97. The van der Waals surface area contributed by atoms with E-state index in [9.17, 15) is 0 Å². The first-order valence-corrected chi connectivity index (χ1v) is 14.1. The van der Waals surface area contributed by atoms with Crippen molar-refractivity contribution < 1.29 is 0 Å². The second-order valence-electron chi connectivity index (χ2n) is 6.60. The average molecular weight is 295 g/mol. The molecule has 0 fully saturated rings. The molecule has 1 rings (SSSR count). The van der Waals surface area contributed by atoms with Gasteiger partial charge in [-0.15, -0.1) is 0 Å². The van der Waals surface area contributed by atoms with Gasteiger partial charge in [-0.25, -0.2) is 0 Å². The van der Waals surface area contributed by atoms with E-state index in [-0.39, 0.29) is 0 Å². The number of rotatable bonds is 4. The quantitative estimate of drug-likeness (QED) is 0.589. The van der Waals surface area contributed by atoms with Crippen LogP contribution in [0.25, 0.3) is 0 Å². The summed E-state index contributed by atoms with van der Waals surface area (Å²) in [5, 5.41) is 1.85. The van der Waals surface area contributed by atoms with Gasteiger partial charge in [0.15, 0.2) is 0 Å². The van der Waals surface area contributed by atoms with Gasteiger partial charge in [0.1, 0.15) is 0 Å². The number of hydrogen-bond donors (Lipinski definition) is 0. The maximum absolute atomic E-state index is 2.65. The molecule has 0 heterocycles. The molecule has 0 N–H and O–H groups in total. The molecular formula is C13H30B2PSi2-. The van der Waals surface area contributed by atoms with E-state index < -0.39 is 23.2 Å². The molecule has 0 atom stereocenters. The Balaban J connectivity index is 3.30. The summed E-state index contributed by atoms with van der Waals surface area (Å²) in [7, 11) is -1.53. The highest BCUT2D eigenvalue weighted by Gasteiger charge is 2.45. The fourth-order valence-corrected chi connectivity index (χ4v) is 17.4. The van der Waals surface area contributed by atoms with Crippen LogP contribution in [0.2, 0.25) is 39.3 Å². The lowest BCUT2D eigenvalue weighted by molar-refractivity contribution is 1.45. The van der Waals surface area contributed by atoms with E-state index in [2.05, 4.69) is 69.6 Å². The molecule has 0 aromatic heterocycles. The van der Waals surface area contributed by atoms with Crippen molar-refractivity contribution in [2.75, 3.05) is 0 Å². The van der Waals surface area contributed by atoms with Gasteiger partial charge < -0.3 is 7.02 Å². The van der Waals surface area contributed by atoms with Gasteiger partial charge in [0.25, 0.3) is 0 Å². The summed E-state index contributed by atoms with van der Waals surface area (Å²) >= 11 is 0. The monoisotopic (exact) mass is 295 g/mol. The summed E-state index contributed by atoms with van der Waals surface area (Å²) in [5.74, 6) is 0. The smallest absolute Gasteiger partial charge is 0.0869 e. The molecule has 18 heavy (non-hydrogen) atoms. The van der Waals surface area contributed by atoms with E-state index in [1.807, 2.05) is 5.30 Å². The lowest BCUT2D eigenvalue weighted by atomic mass is 10.4. The maximum Gasteiger partial charge on any atom is 0.0869 e. The molecule has 5 heteroatoms. The Morgan fingerprint density at radius 2 is 1.22 bits per heavy atom. The minimum absolute atomic E-state index is 0.503. The van der Waals surface area contributed by atoms with Crippen molar-refractivity contribution in [3.63, 3.8) is 0 Å². The molecule has 102 valence electrons. The summed E-state index contributed by atoms with van der Waals surface area (Å²) in [6.45, 7) is 15.9. The standard InChI is InChI=1S/C13H30B2PSi2/c1-17(2,3)13(18(4,5)6)16(14,15)12-10-8-7-9-11-12/h7-11,13H,1-6,14-15H3/q-1. The lowest BCUT2D eigenvalue weighted by Gasteiger charge is -2.53. The Morgan fingerprint density at radius 1 is 0.833 bits per heavy atom. The minimum Gasteiger partial charge on any atom is -0.305 e. The molecule has 0 spiro atoms. The Morgan fingerprint density at radius 3 is 1.56 bits per heavy atom. The fourth-order valence-electron chi connectivity index (χ4n) is 2.35. The second kappa shape index (κ2) is 5.30. The Kier molecular flexibility index (Phi) is 4.79. The van der Waals surface area contributed by atoms with Crippen LogP contribution < -0.4 is 5.30 Å². The van der Waals surface area contributed by atoms with Crippen molar-refractivity contribution in [3.05, 3.63) is 30.3 Å². The van der Waals surface area contributed by atoms with Crippen LogP contribution in [-0.4, -0.2) is 36.2 Å². The van der Waals surface area contributed by atoms with Crippen molar-refractivity contribution in [1.29, 1.82) is 0 Å². The molecule has 0 bridgehead atoms. The zero-order valence-corrected chi connectivity index (χ0v) is 14.3. The first kappa shape index (κ1) is 16.3. The summed E-state index contributed by atoms with van der Waals surface area (Å²) in [5.41, 5.74) is 0. The minimum atomic E-state index is -1.00. The topological polar surface area (TPSA) is 0 Å². The van der Waals surface area contributed by atoms with E-state index in [1.54, 1.807) is 0 Å². The fraction of sp³-hybridized carbons (Fsp3) is 0.538. The lowest BCUT2D eigenvalue weighted by Crippen LogP contribution is -2.56. The third-order valence-electron chi connectivity index (χ3n) is 2.67. The van der Waals surface area contributed by atoms with Gasteiger partial charge in [0.2, 0.25) is 0 Å². The van der Waals surface area contributed by atoms with E-state index >= 15 is 0 Å². The highest BCUT2D eigenvalue weighted by Crippen LogP contribution is 2.58. The van der Waals surface area contributed by atoms with Crippen LogP contribution in [0.3, 0.4) is 0 Å². The summed E-state index contributed by atoms with van der Waals surface area (Å²) < 4.78 is 0. The second-order valence-corrected chi connectivity index (χ2v) is 20.1. The SMILES string of the molecule is [BH3-][P+]([BH3-])(c1ccccc1)C([Si](C)(C)C)[Si](C)(C)C. The molecule has 1 aromatic rings. The van der Waals surface area contributed by atoms with Gasteiger partial charge in [-0.2, -0.15) is 0 Å². The number of benzene rings is 1. The van der Waals surface area contributed by atoms with Gasteiger partial charge in [-0.3, -0.25) is 0 Å². The van der Waals surface area contributed by atoms with E-state index in [0.717, 1.165) is 0 Å². The molecule has 0 aliphatic carbocycles. The van der Waals surface area contributed by atoms with Crippen molar-refractivity contribution in [1.82, 2.24) is 0 Å². The predicted molar refractivity (Wildman–Crippen MR) is 103 cm³/mol. The van der Waals surface area contributed by atoms with Gasteiger partial charge in [-0.05, 0) is 17.0 Å². The molecule has 0 saturated carbocycles. The van der Waals surface area contributed by atoms with Crippen LogP contribution in [0.1, 0.15) is 0 Å². The molecule has 1 aromatic carbocycles. The van der Waals surface area contributed by atoms with Crippen molar-refractivity contribution in [3.8, 4) is 0 Å². The summed E-state index contributed by atoms with van der Waals surface area (Å²) in [4.78, 5) is 1.22. The zero-order valence-electron chi connectivity index (χ0n) is 11.4. The van der Waals surface area contributed by atoms with Gasteiger partial charge in [0, 0.05) is 5.30 Å². The Bertz CT molecular complexity index is 380. The molecule has 0 nitrogen and oxygen atoms in total. The molecule has 0 amide bonds. The number of hydrogen-bond acceptors (Lipinski definition) is 0. The molecule has 0 radical (unpaired) electrons. The van der Waals surface area contributed by atoms with Crippen LogP contribution in [-0.2, 0) is 0 Å². The maximum atomic E-state index is 2.65. The Labute approximate surface area is 118 Å². The Hall–Kier alpha value is 0.214. The zero-order chi connectivity index (χ0) is 14.2. The highest BCUT2D eigenvalue weighted by molar-refractivity contribution is 8.22. The predicted octanol–water partition coefficient (Wildman–Crippen LogP) is 2.01. The van der Waals surface area contributed by atoms with E-state index in [0.29, 0.717) is 15.1 Å². The van der Waals surface area contributed by atoms with Crippen LogP contribution in [0.15, 0.2) is 30.3 Å². The summed E-state index contributed by atoms with van der Waals surface area (Å²) in [6.07, 6.45) is 0. The van der Waals surface area contributed by atoms with Crippen LogP contribution in [0.4, 0.5) is 0 Å². The van der Waals surface area contributed by atoms with Crippen molar-refractivity contribution >= 4 is 43.6 Å². The first-order chi connectivity index (χ1) is 7.97. The third kappa shape index (κ3) is 3.62. The molecule has 0 unspecified atom stereocenters.